The Morgan fingerprint density at radius 1 is 1.10 bits per heavy atom. The average Bonchev–Trinajstić information content (AvgIpc) is 2.47. The van der Waals surface area contributed by atoms with Gasteiger partial charge in [-0.1, -0.05) is 6.92 Å². The van der Waals surface area contributed by atoms with Crippen LogP contribution in [0.2, 0.25) is 0 Å². The number of carbonyl (C=O) groups is 1. The fourth-order valence-corrected chi connectivity index (χ4v) is 3.33. The van der Waals surface area contributed by atoms with E-state index in [9.17, 15) is 4.79 Å². The summed E-state index contributed by atoms with van der Waals surface area (Å²) in [6.45, 7) is 8.20. The normalized spacial score (nSPS) is 22.1. The van der Waals surface area contributed by atoms with Crippen LogP contribution in [0.3, 0.4) is 0 Å². The van der Waals surface area contributed by atoms with E-state index in [4.69, 9.17) is 0 Å². The molecule has 2 saturated heterocycles. The van der Waals surface area contributed by atoms with Crippen molar-refractivity contribution in [3.8, 4) is 0 Å². The highest BCUT2D eigenvalue weighted by Gasteiger charge is 2.24. The number of piperidine rings is 2. The van der Waals surface area contributed by atoms with Gasteiger partial charge in [-0.15, -0.1) is 12.4 Å². The van der Waals surface area contributed by atoms with Crippen LogP contribution in [-0.2, 0) is 4.79 Å². The van der Waals surface area contributed by atoms with Crippen molar-refractivity contribution in [3.63, 3.8) is 0 Å². The summed E-state index contributed by atoms with van der Waals surface area (Å²) in [4.78, 5) is 16.7. The summed E-state index contributed by atoms with van der Waals surface area (Å²) in [5.74, 6) is 2.00. The van der Waals surface area contributed by atoms with Gasteiger partial charge in [-0.2, -0.15) is 0 Å². The first-order valence-corrected chi connectivity index (χ1v) is 8.33. The van der Waals surface area contributed by atoms with Crippen LogP contribution in [-0.4, -0.2) is 62.0 Å². The lowest BCUT2D eigenvalue weighted by atomic mass is 9.93. The zero-order valence-corrected chi connectivity index (χ0v) is 14.5. The van der Waals surface area contributed by atoms with Crippen molar-refractivity contribution < 1.29 is 4.79 Å². The summed E-state index contributed by atoms with van der Waals surface area (Å²) in [5, 5.41) is 3.23. The third-order valence-corrected chi connectivity index (χ3v) is 5.00. The number of hydrogen-bond acceptors (Lipinski definition) is 3. The molecular weight excluding hydrogens is 286 g/mol. The summed E-state index contributed by atoms with van der Waals surface area (Å²) in [7, 11) is 2.02. The molecule has 1 N–H and O–H groups in total. The van der Waals surface area contributed by atoms with Crippen LogP contribution in [0, 0.1) is 11.8 Å². The van der Waals surface area contributed by atoms with Gasteiger partial charge >= 0.3 is 0 Å². The van der Waals surface area contributed by atoms with Crippen molar-refractivity contribution >= 4 is 18.3 Å². The van der Waals surface area contributed by atoms with E-state index in [-0.39, 0.29) is 12.4 Å². The summed E-state index contributed by atoms with van der Waals surface area (Å²) in [6.07, 6.45) is 6.15. The second kappa shape index (κ2) is 9.65. The molecule has 0 aliphatic carbocycles. The van der Waals surface area contributed by atoms with Gasteiger partial charge in [-0.05, 0) is 70.6 Å². The number of hydrogen-bond donors (Lipinski definition) is 1. The number of amides is 1. The molecule has 0 radical (unpaired) electrons. The molecule has 0 aromatic carbocycles. The number of nitrogens with one attached hydrogen (secondary N) is 1. The molecule has 0 aromatic heterocycles. The second-order valence-corrected chi connectivity index (χ2v) is 6.68. The van der Waals surface area contributed by atoms with E-state index in [2.05, 4.69) is 22.0 Å². The van der Waals surface area contributed by atoms with Crippen molar-refractivity contribution in [3.05, 3.63) is 0 Å². The molecule has 2 rings (SSSR count). The van der Waals surface area contributed by atoms with Gasteiger partial charge < -0.3 is 10.2 Å². The number of halogens is 1. The molecule has 2 heterocycles. The summed E-state index contributed by atoms with van der Waals surface area (Å²) in [5.41, 5.74) is 0. The van der Waals surface area contributed by atoms with E-state index in [1.807, 2.05) is 7.05 Å². The SMILES string of the molecule is CNCCC1CCN(CC(=O)N2CCC(C)CC2)CC1.Cl. The van der Waals surface area contributed by atoms with Gasteiger partial charge in [0.2, 0.25) is 5.91 Å². The molecule has 124 valence electrons. The fourth-order valence-electron chi connectivity index (χ4n) is 3.33. The van der Waals surface area contributed by atoms with E-state index >= 15 is 0 Å². The fraction of sp³-hybridized carbons (Fsp3) is 0.938. The van der Waals surface area contributed by atoms with Crippen LogP contribution in [0.15, 0.2) is 0 Å². The first kappa shape index (κ1) is 18.7. The molecule has 5 heteroatoms. The van der Waals surface area contributed by atoms with Crippen LogP contribution < -0.4 is 5.32 Å². The van der Waals surface area contributed by atoms with Crippen molar-refractivity contribution in [1.29, 1.82) is 0 Å². The summed E-state index contributed by atoms with van der Waals surface area (Å²) < 4.78 is 0. The van der Waals surface area contributed by atoms with Crippen LogP contribution in [0.1, 0.15) is 39.0 Å². The Kier molecular flexibility index (Phi) is 8.60. The molecule has 0 saturated carbocycles. The van der Waals surface area contributed by atoms with Gasteiger partial charge in [0, 0.05) is 13.1 Å². The molecule has 0 unspecified atom stereocenters. The molecule has 2 aliphatic heterocycles. The maximum atomic E-state index is 12.3. The van der Waals surface area contributed by atoms with Crippen LogP contribution in [0.5, 0.6) is 0 Å². The molecule has 4 nitrogen and oxygen atoms in total. The first-order chi connectivity index (χ1) is 9.69. The molecular formula is C16H32ClN3O. The smallest absolute Gasteiger partial charge is 0.236 e. The standard InChI is InChI=1S/C16H31N3O.ClH/c1-14-4-11-19(12-5-14)16(20)13-18-9-6-15(7-10-18)3-8-17-2;/h14-15,17H,3-13H2,1-2H3;1H. The van der Waals surface area contributed by atoms with E-state index in [1.165, 1.54) is 32.1 Å². The van der Waals surface area contributed by atoms with E-state index in [0.717, 1.165) is 44.6 Å². The quantitative estimate of drug-likeness (QED) is 0.842. The number of carbonyl (C=O) groups excluding carboxylic acids is 1. The third-order valence-electron chi connectivity index (χ3n) is 5.00. The lowest BCUT2D eigenvalue weighted by Crippen LogP contribution is -2.46. The minimum atomic E-state index is 0. The monoisotopic (exact) mass is 317 g/mol. The predicted molar refractivity (Wildman–Crippen MR) is 89.9 cm³/mol. The Morgan fingerprint density at radius 3 is 2.29 bits per heavy atom. The zero-order chi connectivity index (χ0) is 14.4. The maximum Gasteiger partial charge on any atom is 0.236 e. The molecule has 21 heavy (non-hydrogen) atoms. The van der Waals surface area contributed by atoms with Gasteiger partial charge in [0.05, 0.1) is 6.54 Å². The predicted octanol–water partition coefficient (Wildman–Crippen LogP) is 1.99. The Hall–Kier alpha value is -0.320. The van der Waals surface area contributed by atoms with Crippen molar-refractivity contribution in [2.75, 3.05) is 46.3 Å². The second-order valence-electron chi connectivity index (χ2n) is 6.68. The summed E-state index contributed by atoms with van der Waals surface area (Å²) in [6, 6.07) is 0. The third kappa shape index (κ3) is 6.13. The first-order valence-electron chi connectivity index (χ1n) is 8.33. The topological polar surface area (TPSA) is 35.6 Å². The Bertz CT molecular complexity index is 298. The van der Waals surface area contributed by atoms with Gasteiger partial charge in [0.25, 0.3) is 0 Å². The molecule has 2 aliphatic rings. The number of likely N-dealkylation sites (tertiary alicyclic amines) is 2. The van der Waals surface area contributed by atoms with Gasteiger partial charge in [-0.3, -0.25) is 9.69 Å². The largest absolute Gasteiger partial charge is 0.342 e. The minimum Gasteiger partial charge on any atom is -0.342 e. The van der Waals surface area contributed by atoms with E-state index < -0.39 is 0 Å². The van der Waals surface area contributed by atoms with Crippen molar-refractivity contribution in [2.24, 2.45) is 11.8 Å². The molecule has 2 fully saturated rings. The highest BCUT2D eigenvalue weighted by atomic mass is 35.5. The highest BCUT2D eigenvalue weighted by molar-refractivity contribution is 5.85. The molecule has 0 bridgehead atoms. The lowest BCUT2D eigenvalue weighted by Gasteiger charge is -2.35. The van der Waals surface area contributed by atoms with E-state index in [0.29, 0.717) is 12.5 Å². The van der Waals surface area contributed by atoms with Crippen molar-refractivity contribution in [2.45, 2.75) is 39.0 Å². The molecule has 0 aromatic rings. The average molecular weight is 318 g/mol. The Morgan fingerprint density at radius 2 is 1.71 bits per heavy atom. The van der Waals surface area contributed by atoms with Gasteiger partial charge in [0.15, 0.2) is 0 Å². The Balaban J connectivity index is 0.00000220. The van der Waals surface area contributed by atoms with Gasteiger partial charge in [-0.25, -0.2) is 0 Å². The maximum absolute atomic E-state index is 12.3. The van der Waals surface area contributed by atoms with Crippen molar-refractivity contribution in [1.82, 2.24) is 15.1 Å². The van der Waals surface area contributed by atoms with Crippen LogP contribution >= 0.6 is 12.4 Å². The Labute approximate surface area is 136 Å². The molecule has 0 spiro atoms. The lowest BCUT2D eigenvalue weighted by molar-refractivity contribution is -0.134. The molecule has 0 atom stereocenters. The minimum absolute atomic E-state index is 0. The zero-order valence-electron chi connectivity index (χ0n) is 13.6. The van der Waals surface area contributed by atoms with Crippen LogP contribution in [0.4, 0.5) is 0 Å². The number of nitrogens with zero attached hydrogens (tertiary/aromatic N) is 2. The highest BCUT2D eigenvalue weighted by Crippen LogP contribution is 2.21. The molecule has 1 amide bonds. The van der Waals surface area contributed by atoms with Gasteiger partial charge in [0.1, 0.15) is 0 Å². The summed E-state index contributed by atoms with van der Waals surface area (Å²) >= 11 is 0. The van der Waals surface area contributed by atoms with Crippen LogP contribution in [0.25, 0.3) is 0 Å². The number of rotatable bonds is 5. The van der Waals surface area contributed by atoms with E-state index in [1.54, 1.807) is 0 Å².